The van der Waals surface area contributed by atoms with Crippen LogP contribution in [0.15, 0.2) is 84.9 Å². The van der Waals surface area contributed by atoms with Gasteiger partial charge in [-0.2, -0.15) is 0 Å². The number of imidazole rings is 1. The van der Waals surface area contributed by atoms with Crippen LogP contribution < -0.4 is 10.2 Å². The summed E-state index contributed by atoms with van der Waals surface area (Å²) in [5.41, 5.74) is 7.90. The number of carboxylic acids is 1. The van der Waals surface area contributed by atoms with Gasteiger partial charge in [-0.05, 0) is 65.9 Å². The summed E-state index contributed by atoms with van der Waals surface area (Å²) in [6.07, 6.45) is 1.76. The molecule has 0 atom stereocenters. The van der Waals surface area contributed by atoms with Gasteiger partial charge >= 0.3 is 5.97 Å². The Morgan fingerprint density at radius 3 is 2.37 bits per heavy atom. The van der Waals surface area contributed by atoms with Crippen molar-refractivity contribution in [1.29, 1.82) is 0 Å². The molecule has 0 saturated carbocycles. The van der Waals surface area contributed by atoms with Gasteiger partial charge < -0.3 is 19.9 Å². The summed E-state index contributed by atoms with van der Waals surface area (Å²) in [5, 5.41) is 12.7. The molecule has 7 heteroatoms. The van der Waals surface area contributed by atoms with Crippen molar-refractivity contribution in [2.24, 2.45) is 0 Å². The number of fused-ring (bicyclic) bond motifs is 1. The number of hydrogen-bond donors (Lipinski definition) is 2. The fraction of sp³-hybridized carbons (Fsp3) is 0.206. The minimum absolute atomic E-state index is 0.171. The predicted octanol–water partition coefficient (Wildman–Crippen LogP) is 7.03. The quantitative estimate of drug-likeness (QED) is 0.207. The van der Waals surface area contributed by atoms with Crippen LogP contribution in [0.3, 0.4) is 0 Å². The fourth-order valence-corrected chi connectivity index (χ4v) is 5.22. The molecule has 1 heterocycles. The third-order valence-corrected chi connectivity index (χ3v) is 7.26. The maximum atomic E-state index is 13.4. The minimum Gasteiger partial charge on any atom is -0.478 e. The molecule has 2 N–H and O–H groups in total. The number of nitrogens with zero attached hydrogens (tertiary/aromatic N) is 3. The molecule has 0 spiro atoms. The van der Waals surface area contributed by atoms with Crippen LogP contribution >= 0.6 is 0 Å². The van der Waals surface area contributed by atoms with Gasteiger partial charge in [0, 0.05) is 32.6 Å². The van der Waals surface area contributed by atoms with Crippen molar-refractivity contribution in [3.63, 3.8) is 0 Å². The van der Waals surface area contributed by atoms with E-state index in [2.05, 4.69) is 16.8 Å². The molecule has 5 rings (SSSR count). The number of aryl methyl sites for hydroxylation is 2. The molecule has 0 radical (unpaired) electrons. The number of anilines is 2. The molecule has 0 aliphatic heterocycles. The molecule has 0 aliphatic rings. The number of para-hydroxylation sites is 2. The molecule has 0 bridgehead atoms. The average Bonchev–Trinajstić information content (AvgIpc) is 3.31. The number of carboxylic acid groups (broad SMARTS) is 1. The summed E-state index contributed by atoms with van der Waals surface area (Å²) < 4.78 is 2.19. The summed E-state index contributed by atoms with van der Waals surface area (Å²) >= 11 is 0. The normalized spacial score (nSPS) is 11.0. The first-order valence-electron chi connectivity index (χ1n) is 13.8. The van der Waals surface area contributed by atoms with Crippen LogP contribution in [-0.2, 0) is 13.0 Å². The largest absolute Gasteiger partial charge is 0.478 e. The zero-order valence-corrected chi connectivity index (χ0v) is 23.8. The van der Waals surface area contributed by atoms with Crippen molar-refractivity contribution in [2.75, 3.05) is 24.3 Å². The van der Waals surface area contributed by atoms with Gasteiger partial charge in [0.15, 0.2) is 0 Å². The van der Waals surface area contributed by atoms with E-state index in [9.17, 15) is 14.7 Å². The topological polar surface area (TPSA) is 87.5 Å². The smallest absolute Gasteiger partial charge is 0.336 e. The highest BCUT2D eigenvalue weighted by atomic mass is 16.4. The van der Waals surface area contributed by atoms with Crippen LogP contribution in [0.4, 0.5) is 11.4 Å². The van der Waals surface area contributed by atoms with Crippen LogP contribution in [0, 0.1) is 6.92 Å². The molecule has 5 aromatic rings. The maximum absolute atomic E-state index is 13.4. The van der Waals surface area contributed by atoms with E-state index in [0.29, 0.717) is 17.7 Å². The van der Waals surface area contributed by atoms with Crippen LogP contribution in [0.5, 0.6) is 0 Å². The van der Waals surface area contributed by atoms with E-state index in [1.54, 1.807) is 12.1 Å². The SMILES string of the molecule is CCCc1nc2c(C)cc(C(=O)Nc3ccccc3N(C)C)cc2n1Cc1ccc(-c2ccccc2C(=O)O)cc1. The van der Waals surface area contributed by atoms with Crippen molar-refractivity contribution >= 4 is 34.3 Å². The Morgan fingerprint density at radius 2 is 1.66 bits per heavy atom. The van der Waals surface area contributed by atoms with E-state index < -0.39 is 5.97 Å². The molecule has 7 nitrogen and oxygen atoms in total. The molecule has 208 valence electrons. The number of aromatic nitrogens is 2. The van der Waals surface area contributed by atoms with Crippen molar-refractivity contribution in [1.82, 2.24) is 9.55 Å². The lowest BCUT2D eigenvalue weighted by Gasteiger charge is -2.18. The van der Waals surface area contributed by atoms with Gasteiger partial charge in [-0.3, -0.25) is 4.79 Å². The molecule has 0 fully saturated rings. The van der Waals surface area contributed by atoms with Gasteiger partial charge in [-0.1, -0.05) is 61.5 Å². The van der Waals surface area contributed by atoms with Gasteiger partial charge in [0.05, 0.1) is 28.0 Å². The number of hydrogen-bond acceptors (Lipinski definition) is 4. The summed E-state index contributed by atoms with van der Waals surface area (Å²) in [6, 6.07) is 26.6. The Morgan fingerprint density at radius 1 is 0.951 bits per heavy atom. The molecule has 0 saturated heterocycles. The third-order valence-electron chi connectivity index (χ3n) is 7.26. The molecule has 41 heavy (non-hydrogen) atoms. The van der Waals surface area contributed by atoms with Gasteiger partial charge in [0.2, 0.25) is 0 Å². The van der Waals surface area contributed by atoms with Crippen molar-refractivity contribution in [3.8, 4) is 11.1 Å². The highest BCUT2D eigenvalue weighted by Gasteiger charge is 2.18. The van der Waals surface area contributed by atoms with Crippen molar-refractivity contribution in [3.05, 3.63) is 113 Å². The van der Waals surface area contributed by atoms with E-state index in [-0.39, 0.29) is 11.5 Å². The van der Waals surface area contributed by atoms with E-state index in [1.165, 1.54) is 0 Å². The van der Waals surface area contributed by atoms with Crippen LogP contribution in [0.2, 0.25) is 0 Å². The molecule has 1 amide bonds. The van der Waals surface area contributed by atoms with E-state index in [1.807, 2.05) is 98.7 Å². The second-order valence-corrected chi connectivity index (χ2v) is 10.4. The van der Waals surface area contributed by atoms with Gasteiger partial charge in [0.1, 0.15) is 5.82 Å². The van der Waals surface area contributed by atoms with Crippen molar-refractivity contribution in [2.45, 2.75) is 33.2 Å². The predicted molar refractivity (Wildman–Crippen MR) is 165 cm³/mol. The first kappa shape index (κ1) is 27.6. The summed E-state index contributed by atoms with van der Waals surface area (Å²) in [6.45, 7) is 4.71. The molecular formula is C34H34N4O3. The second-order valence-electron chi connectivity index (χ2n) is 10.4. The first-order chi connectivity index (χ1) is 19.8. The zero-order valence-electron chi connectivity index (χ0n) is 23.8. The fourth-order valence-electron chi connectivity index (χ4n) is 5.22. The summed E-state index contributed by atoms with van der Waals surface area (Å²) in [7, 11) is 3.90. The highest BCUT2D eigenvalue weighted by Crippen LogP contribution is 2.28. The minimum atomic E-state index is -0.945. The monoisotopic (exact) mass is 546 g/mol. The Labute approximate surface area is 240 Å². The lowest BCUT2D eigenvalue weighted by Crippen LogP contribution is -2.17. The Hall–Kier alpha value is -4.91. The number of amides is 1. The van der Waals surface area contributed by atoms with E-state index in [4.69, 9.17) is 4.98 Å². The third kappa shape index (κ3) is 5.70. The zero-order chi connectivity index (χ0) is 29.1. The van der Waals surface area contributed by atoms with Gasteiger partial charge in [-0.25, -0.2) is 9.78 Å². The first-order valence-corrected chi connectivity index (χ1v) is 13.8. The number of benzene rings is 4. The average molecular weight is 547 g/mol. The Balaban J connectivity index is 1.49. The summed E-state index contributed by atoms with van der Waals surface area (Å²) in [5.74, 6) is -0.142. The Kier molecular flexibility index (Phi) is 7.88. The van der Waals surface area contributed by atoms with Crippen LogP contribution in [0.1, 0.15) is 51.0 Å². The number of rotatable bonds is 9. The maximum Gasteiger partial charge on any atom is 0.336 e. The molecule has 1 aromatic heterocycles. The van der Waals surface area contributed by atoms with Gasteiger partial charge in [-0.15, -0.1) is 0 Å². The number of carbonyl (C=O) groups is 2. The molecule has 0 unspecified atom stereocenters. The molecular weight excluding hydrogens is 512 g/mol. The van der Waals surface area contributed by atoms with Crippen molar-refractivity contribution < 1.29 is 14.7 Å². The molecule has 0 aliphatic carbocycles. The van der Waals surface area contributed by atoms with Crippen LogP contribution in [0.25, 0.3) is 22.2 Å². The van der Waals surface area contributed by atoms with E-state index >= 15 is 0 Å². The van der Waals surface area contributed by atoms with Crippen LogP contribution in [-0.4, -0.2) is 40.6 Å². The Bertz CT molecular complexity index is 1740. The molecule has 4 aromatic carbocycles. The number of nitrogens with one attached hydrogen (secondary N) is 1. The lowest BCUT2D eigenvalue weighted by atomic mass is 9.98. The van der Waals surface area contributed by atoms with E-state index in [0.717, 1.165) is 57.8 Å². The number of carbonyl (C=O) groups excluding carboxylic acids is 1. The lowest BCUT2D eigenvalue weighted by molar-refractivity contribution is 0.0697. The number of aromatic carboxylic acids is 1. The van der Waals surface area contributed by atoms with Gasteiger partial charge in [0.25, 0.3) is 5.91 Å². The highest BCUT2D eigenvalue weighted by molar-refractivity contribution is 6.08. The second kappa shape index (κ2) is 11.7. The standard InChI is InChI=1S/C34H34N4O3/c1-5-10-31-36-32-22(2)19-25(33(39)35-28-13-8-9-14-29(28)37(3)4)20-30(32)38(31)21-23-15-17-24(18-16-23)26-11-6-7-12-27(26)34(40)41/h6-9,11-20H,5,10,21H2,1-4H3,(H,35,39)(H,40,41). The summed E-state index contributed by atoms with van der Waals surface area (Å²) in [4.78, 5) is 32.1.